The third kappa shape index (κ3) is 4.04. The van der Waals surface area contributed by atoms with Gasteiger partial charge in [0.2, 0.25) is 0 Å². The number of carboxylic acid groups (broad SMARTS) is 1. The van der Waals surface area contributed by atoms with E-state index < -0.39 is 12.0 Å². The van der Waals surface area contributed by atoms with Crippen LogP contribution in [0.3, 0.4) is 0 Å². The molecule has 0 aromatic heterocycles. The van der Waals surface area contributed by atoms with Crippen molar-refractivity contribution in [3.05, 3.63) is 30.3 Å². The van der Waals surface area contributed by atoms with Gasteiger partial charge in [-0.25, -0.2) is 0 Å². The molecule has 0 fully saturated rings. The van der Waals surface area contributed by atoms with E-state index in [9.17, 15) is 4.79 Å². The number of carbonyl (C=O) groups is 1. The molecule has 0 saturated heterocycles. The van der Waals surface area contributed by atoms with E-state index in [1.54, 1.807) is 0 Å². The maximum atomic E-state index is 11.0. The summed E-state index contributed by atoms with van der Waals surface area (Å²) in [5.41, 5.74) is 1.15. The van der Waals surface area contributed by atoms with E-state index in [4.69, 9.17) is 5.11 Å². The number of benzene rings is 1. The van der Waals surface area contributed by atoms with Crippen LogP contribution in [-0.2, 0) is 4.79 Å². The summed E-state index contributed by atoms with van der Waals surface area (Å²) in [6, 6.07) is 9.70. The van der Waals surface area contributed by atoms with Crippen molar-refractivity contribution in [2.45, 2.75) is 19.4 Å². The van der Waals surface area contributed by atoms with Crippen LogP contribution >= 0.6 is 0 Å². The summed E-state index contributed by atoms with van der Waals surface area (Å²) < 4.78 is 0. The van der Waals surface area contributed by atoms with Crippen molar-refractivity contribution in [3.63, 3.8) is 0 Å². The van der Waals surface area contributed by atoms with E-state index >= 15 is 0 Å². The molecule has 4 heteroatoms. The van der Waals surface area contributed by atoms with Gasteiger partial charge in [-0.2, -0.15) is 0 Å². The zero-order valence-corrected chi connectivity index (χ0v) is 11.3. The molecule has 0 bridgehead atoms. The standard InChI is InChI=1S/C14H22N2O2/c1-4-13(14(17)18)16(3)11-10-15(2)12-8-6-5-7-9-12/h5-9,13H,4,10-11H2,1-3H3,(H,17,18). The lowest BCUT2D eigenvalue weighted by molar-refractivity contribution is -0.142. The van der Waals surface area contributed by atoms with Gasteiger partial charge in [0.1, 0.15) is 6.04 Å². The molecule has 0 aliphatic heterocycles. The summed E-state index contributed by atoms with van der Waals surface area (Å²) in [5, 5.41) is 9.07. The number of rotatable bonds is 7. The fourth-order valence-corrected chi connectivity index (χ4v) is 1.95. The summed E-state index contributed by atoms with van der Waals surface area (Å²) in [7, 11) is 3.88. The first kappa shape index (κ1) is 14.5. The highest BCUT2D eigenvalue weighted by atomic mass is 16.4. The molecular weight excluding hydrogens is 228 g/mol. The van der Waals surface area contributed by atoms with E-state index in [1.807, 2.05) is 44.1 Å². The zero-order chi connectivity index (χ0) is 13.5. The minimum absolute atomic E-state index is 0.394. The van der Waals surface area contributed by atoms with Crippen molar-refractivity contribution in [2.75, 3.05) is 32.1 Å². The number of hydrogen-bond donors (Lipinski definition) is 1. The third-order valence-corrected chi connectivity index (χ3v) is 3.19. The molecule has 0 saturated carbocycles. The molecule has 18 heavy (non-hydrogen) atoms. The van der Waals surface area contributed by atoms with Crippen LogP contribution in [0.5, 0.6) is 0 Å². The Morgan fingerprint density at radius 3 is 2.33 bits per heavy atom. The topological polar surface area (TPSA) is 43.8 Å². The zero-order valence-electron chi connectivity index (χ0n) is 11.3. The fourth-order valence-electron chi connectivity index (χ4n) is 1.95. The molecule has 4 nitrogen and oxygen atoms in total. The Hall–Kier alpha value is -1.55. The molecule has 1 N–H and O–H groups in total. The van der Waals surface area contributed by atoms with Gasteiger partial charge in [-0.05, 0) is 25.6 Å². The van der Waals surface area contributed by atoms with E-state index in [1.165, 1.54) is 0 Å². The number of hydrogen-bond acceptors (Lipinski definition) is 3. The highest BCUT2D eigenvalue weighted by Crippen LogP contribution is 2.11. The Labute approximate surface area is 109 Å². The predicted octanol–water partition coefficient (Wildman–Crippen LogP) is 1.92. The average molecular weight is 250 g/mol. The lowest BCUT2D eigenvalue weighted by atomic mass is 10.2. The lowest BCUT2D eigenvalue weighted by Gasteiger charge is -2.27. The molecule has 100 valence electrons. The number of nitrogens with zero attached hydrogens (tertiary/aromatic N) is 2. The number of para-hydroxylation sites is 1. The van der Waals surface area contributed by atoms with Gasteiger partial charge in [-0.3, -0.25) is 9.69 Å². The number of aliphatic carboxylic acids is 1. The molecule has 1 aromatic rings. The summed E-state index contributed by atoms with van der Waals surface area (Å²) in [6.45, 7) is 3.44. The van der Waals surface area contributed by atoms with Crippen LogP contribution < -0.4 is 4.90 Å². The van der Waals surface area contributed by atoms with Crippen LogP contribution in [0.2, 0.25) is 0 Å². The van der Waals surface area contributed by atoms with E-state index in [0.29, 0.717) is 6.42 Å². The molecule has 0 heterocycles. The molecule has 1 rings (SSSR count). The number of likely N-dealkylation sites (N-methyl/N-ethyl adjacent to an activating group) is 2. The van der Waals surface area contributed by atoms with Gasteiger partial charge in [-0.15, -0.1) is 0 Å². The highest BCUT2D eigenvalue weighted by Gasteiger charge is 2.20. The van der Waals surface area contributed by atoms with Gasteiger partial charge in [0.25, 0.3) is 0 Å². The largest absolute Gasteiger partial charge is 0.480 e. The second-order valence-electron chi connectivity index (χ2n) is 4.50. The molecule has 0 aliphatic carbocycles. The summed E-state index contributed by atoms with van der Waals surface area (Å²) in [4.78, 5) is 15.1. The maximum Gasteiger partial charge on any atom is 0.320 e. The van der Waals surface area contributed by atoms with Crippen LogP contribution in [0.25, 0.3) is 0 Å². The lowest BCUT2D eigenvalue weighted by Crippen LogP contribution is -2.41. The maximum absolute atomic E-state index is 11.0. The van der Waals surface area contributed by atoms with Crippen molar-refractivity contribution in [3.8, 4) is 0 Å². The molecule has 0 spiro atoms. The third-order valence-electron chi connectivity index (χ3n) is 3.19. The minimum Gasteiger partial charge on any atom is -0.480 e. The van der Waals surface area contributed by atoms with Crippen LogP contribution in [0.4, 0.5) is 5.69 Å². The Morgan fingerprint density at radius 1 is 1.22 bits per heavy atom. The normalized spacial score (nSPS) is 12.4. The highest BCUT2D eigenvalue weighted by molar-refractivity contribution is 5.73. The second kappa shape index (κ2) is 7.01. The first-order chi connectivity index (χ1) is 8.56. The molecule has 0 aliphatic rings. The molecule has 0 amide bonds. The Kier molecular flexibility index (Phi) is 5.65. The van der Waals surface area contributed by atoms with Gasteiger partial charge in [0.05, 0.1) is 0 Å². The van der Waals surface area contributed by atoms with Gasteiger partial charge in [0.15, 0.2) is 0 Å². The van der Waals surface area contributed by atoms with Crippen LogP contribution in [0.15, 0.2) is 30.3 Å². The van der Waals surface area contributed by atoms with Gasteiger partial charge < -0.3 is 10.0 Å². The fraction of sp³-hybridized carbons (Fsp3) is 0.500. The molecular formula is C14H22N2O2. The van der Waals surface area contributed by atoms with Gasteiger partial charge >= 0.3 is 5.97 Å². The SMILES string of the molecule is CCC(C(=O)O)N(C)CCN(C)c1ccccc1. The Balaban J connectivity index is 2.47. The van der Waals surface area contributed by atoms with Gasteiger partial charge in [0, 0.05) is 25.8 Å². The van der Waals surface area contributed by atoms with Crippen LogP contribution in [0.1, 0.15) is 13.3 Å². The van der Waals surface area contributed by atoms with Crippen molar-refractivity contribution in [1.29, 1.82) is 0 Å². The monoisotopic (exact) mass is 250 g/mol. The van der Waals surface area contributed by atoms with Gasteiger partial charge in [-0.1, -0.05) is 25.1 Å². The average Bonchev–Trinajstić information content (AvgIpc) is 2.37. The molecule has 1 aromatic carbocycles. The summed E-state index contributed by atoms with van der Waals surface area (Å²) in [6.07, 6.45) is 0.626. The first-order valence-corrected chi connectivity index (χ1v) is 6.25. The Morgan fingerprint density at radius 2 is 1.83 bits per heavy atom. The van der Waals surface area contributed by atoms with E-state index in [0.717, 1.165) is 18.8 Å². The first-order valence-electron chi connectivity index (χ1n) is 6.25. The Bertz CT molecular complexity index is 367. The second-order valence-corrected chi connectivity index (χ2v) is 4.50. The van der Waals surface area contributed by atoms with Crippen LogP contribution in [0, 0.1) is 0 Å². The summed E-state index contributed by atoms with van der Waals surface area (Å²) >= 11 is 0. The quantitative estimate of drug-likeness (QED) is 0.803. The van der Waals surface area contributed by atoms with Crippen molar-refractivity contribution in [1.82, 2.24) is 4.90 Å². The van der Waals surface area contributed by atoms with Crippen LogP contribution in [-0.4, -0.2) is 49.2 Å². The summed E-state index contributed by atoms with van der Waals surface area (Å²) in [5.74, 6) is -0.748. The molecule has 1 atom stereocenters. The molecule has 1 unspecified atom stereocenters. The molecule has 0 radical (unpaired) electrons. The predicted molar refractivity (Wildman–Crippen MR) is 74.1 cm³/mol. The van der Waals surface area contributed by atoms with Crippen molar-refractivity contribution < 1.29 is 9.90 Å². The van der Waals surface area contributed by atoms with E-state index in [2.05, 4.69) is 17.0 Å². The number of carboxylic acids is 1. The van der Waals surface area contributed by atoms with Crippen molar-refractivity contribution in [2.24, 2.45) is 0 Å². The smallest absolute Gasteiger partial charge is 0.320 e. The minimum atomic E-state index is -0.748. The number of anilines is 1. The van der Waals surface area contributed by atoms with E-state index in [-0.39, 0.29) is 0 Å². The van der Waals surface area contributed by atoms with Crippen molar-refractivity contribution >= 4 is 11.7 Å².